The van der Waals surface area contributed by atoms with Gasteiger partial charge >= 0.3 is 0 Å². The number of hydrogen-bond acceptors (Lipinski definition) is 4. The first-order valence-electron chi connectivity index (χ1n) is 6.46. The average Bonchev–Trinajstić information content (AvgIpc) is 2.48. The topological polar surface area (TPSA) is 101 Å². The molecular weight excluding hydrogens is 260 g/mol. The highest BCUT2D eigenvalue weighted by Gasteiger charge is 2.27. The Morgan fingerprint density at radius 2 is 2.30 bits per heavy atom. The van der Waals surface area contributed by atoms with Crippen molar-refractivity contribution in [2.45, 2.75) is 12.8 Å². The van der Waals surface area contributed by atoms with E-state index in [0.717, 1.165) is 12.8 Å². The number of rotatable bonds is 2. The summed E-state index contributed by atoms with van der Waals surface area (Å²) in [7, 11) is 1.63. The molecule has 0 aliphatic carbocycles. The first-order chi connectivity index (χ1) is 9.52. The molecule has 1 aliphatic rings. The van der Waals surface area contributed by atoms with E-state index < -0.39 is 0 Å². The van der Waals surface area contributed by atoms with E-state index in [4.69, 9.17) is 10.9 Å². The van der Waals surface area contributed by atoms with Crippen LogP contribution in [0.1, 0.15) is 23.2 Å². The molecule has 3 N–H and O–H groups in total. The van der Waals surface area contributed by atoms with E-state index in [2.05, 4.69) is 5.16 Å². The molecule has 108 valence electrons. The van der Waals surface area contributed by atoms with Gasteiger partial charge in [0.1, 0.15) is 5.84 Å². The highest BCUT2D eigenvalue weighted by Crippen LogP contribution is 2.18. The predicted molar refractivity (Wildman–Crippen MR) is 73.7 cm³/mol. The molecule has 2 rings (SSSR count). The van der Waals surface area contributed by atoms with Gasteiger partial charge < -0.3 is 20.4 Å². The summed E-state index contributed by atoms with van der Waals surface area (Å²) in [5.74, 6) is -0.186. The lowest BCUT2D eigenvalue weighted by atomic mass is 9.96. The molecule has 1 amide bonds. The molecule has 0 saturated carbocycles. The van der Waals surface area contributed by atoms with Gasteiger partial charge in [0.2, 0.25) is 0 Å². The second-order valence-corrected chi connectivity index (χ2v) is 4.98. The molecule has 0 radical (unpaired) electrons. The van der Waals surface area contributed by atoms with Crippen molar-refractivity contribution in [3.8, 4) is 0 Å². The molecule has 2 heterocycles. The van der Waals surface area contributed by atoms with Gasteiger partial charge in [-0.05, 0) is 18.9 Å². The lowest BCUT2D eigenvalue weighted by Crippen LogP contribution is -2.44. The monoisotopic (exact) mass is 278 g/mol. The number of carbonyl (C=O) groups excluding carboxylic acids is 1. The minimum Gasteiger partial charge on any atom is -0.409 e. The number of hydrogen-bond donors (Lipinski definition) is 2. The maximum absolute atomic E-state index is 12.4. The summed E-state index contributed by atoms with van der Waals surface area (Å²) < 4.78 is 1.41. The zero-order chi connectivity index (χ0) is 14.7. The fourth-order valence-electron chi connectivity index (χ4n) is 2.35. The van der Waals surface area contributed by atoms with Gasteiger partial charge in [0.25, 0.3) is 11.5 Å². The molecule has 1 saturated heterocycles. The smallest absolute Gasteiger partial charge is 0.254 e. The van der Waals surface area contributed by atoms with Crippen molar-refractivity contribution in [3.05, 3.63) is 34.2 Å². The normalized spacial score (nSPS) is 19.9. The van der Waals surface area contributed by atoms with Crippen molar-refractivity contribution >= 4 is 11.7 Å². The van der Waals surface area contributed by atoms with Crippen molar-refractivity contribution in [1.82, 2.24) is 9.47 Å². The number of likely N-dealkylation sites (tertiary alicyclic amines) is 1. The van der Waals surface area contributed by atoms with Gasteiger partial charge in [0, 0.05) is 43.9 Å². The molecule has 7 heteroatoms. The first kappa shape index (κ1) is 14.1. The van der Waals surface area contributed by atoms with Crippen LogP contribution in [0.4, 0.5) is 0 Å². The maximum atomic E-state index is 12.4. The minimum absolute atomic E-state index is 0.135. The lowest BCUT2D eigenvalue weighted by molar-refractivity contribution is 0.0701. The van der Waals surface area contributed by atoms with E-state index in [-0.39, 0.29) is 23.2 Å². The van der Waals surface area contributed by atoms with Crippen molar-refractivity contribution in [2.75, 3.05) is 13.1 Å². The molecule has 1 unspecified atom stereocenters. The van der Waals surface area contributed by atoms with E-state index in [1.165, 1.54) is 10.6 Å². The first-order valence-corrected chi connectivity index (χ1v) is 6.46. The van der Waals surface area contributed by atoms with Crippen molar-refractivity contribution in [2.24, 2.45) is 23.9 Å². The van der Waals surface area contributed by atoms with Gasteiger partial charge in [-0.2, -0.15) is 0 Å². The summed E-state index contributed by atoms with van der Waals surface area (Å²) in [6, 6.07) is 2.95. The van der Waals surface area contributed by atoms with Crippen LogP contribution in [0.2, 0.25) is 0 Å². The number of pyridine rings is 1. The Kier molecular flexibility index (Phi) is 4.07. The van der Waals surface area contributed by atoms with Crippen LogP contribution in [-0.4, -0.2) is 39.5 Å². The fourth-order valence-corrected chi connectivity index (χ4v) is 2.35. The maximum Gasteiger partial charge on any atom is 0.254 e. The second-order valence-electron chi connectivity index (χ2n) is 4.98. The molecule has 1 aromatic heterocycles. The standard InChI is InChI=1S/C13H18N4O3/c1-16-6-4-9(7-11(16)18)13(19)17-5-2-3-10(8-17)12(14)15-20/h4,6-7,10,20H,2-3,5,8H2,1H3,(H2,14,15). The summed E-state index contributed by atoms with van der Waals surface area (Å²) in [5.41, 5.74) is 5.75. The number of piperidine rings is 1. The SMILES string of the molecule is Cn1ccc(C(=O)N2CCCC(/C(N)=N/O)C2)cc1=O. The fraction of sp³-hybridized carbons (Fsp3) is 0.462. The summed E-state index contributed by atoms with van der Waals surface area (Å²) in [4.78, 5) is 25.6. The number of amidine groups is 1. The van der Waals surface area contributed by atoms with Gasteiger partial charge in [0.15, 0.2) is 0 Å². The Bertz CT molecular complexity index is 594. The Morgan fingerprint density at radius 3 is 2.95 bits per heavy atom. The minimum atomic E-state index is -0.221. The molecule has 0 spiro atoms. The molecule has 1 aromatic rings. The third kappa shape index (κ3) is 2.81. The number of oxime groups is 1. The molecule has 1 fully saturated rings. The van der Waals surface area contributed by atoms with Crippen LogP contribution in [0.25, 0.3) is 0 Å². The quantitative estimate of drug-likeness (QED) is 0.344. The lowest BCUT2D eigenvalue weighted by Gasteiger charge is -2.32. The highest BCUT2D eigenvalue weighted by atomic mass is 16.4. The second kappa shape index (κ2) is 5.77. The van der Waals surface area contributed by atoms with Crippen LogP contribution in [-0.2, 0) is 7.05 Å². The van der Waals surface area contributed by atoms with Gasteiger partial charge in [-0.1, -0.05) is 5.16 Å². The third-order valence-corrected chi connectivity index (χ3v) is 3.59. The van der Waals surface area contributed by atoms with Crippen molar-refractivity contribution in [1.29, 1.82) is 0 Å². The van der Waals surface area contributed by atoms with Crippen molar-refractivity contribution < 1.29 is 10.0 Å². The van der Waals surface area contributed by atoms with Crippen LogP contribution in [0, 0.1) is 5.92 Å². The van der Waals surface area contributed by atoms with Crippen LogP contribution < -0.4 is 11.3 Å². The Hall–Kier alpha value is -2.31. The van der Waals surface area contributed by atoms with E-state index >= 15 is 0 Å². The molecule has 1 atom stereocenters. The molecular formula is C13H18N4O3. The van der Waals surface area contributed by atoms with E-state index in [0.29, 0.717) is 18.7 Å². The third-order valence-electron chi connectivity index (χ3n) is 3.59. The van der Waals surface area contributed by atoms with Gasteiger partial charge in [0.05, 0.1) is 0 Å². The molecule has 0 bridgehead atoms. The summed E-state index contributed by atoms with van der Waals surface area (Å²) >= 11 is 0. The largest absolute Gasteiger partial charge is 0.409 e. The summed E-state index contributed by atoms with van der Waals surface area (Å²) in [6.45, 7) is 1.02. The van der Waals surface area contributed by atoms with Crippen LogP contribution in [0.15, 0.2) is 28.3 Å². The number of carbonyl (C=O) groups is 1. The van der Waals surface area contributed by atoms with Gasteiger partial charge in [-0.3, -0.25) is 9.59 Å². The zero-order valence-electron chi connectivity index (χ0n) is 11.3. The molecule has 20 heavy (non-hydrogen) atoms. The van der Waals surface area contributed by atoms with Crippen molar-refractivity contribution in [3.63, 3.8) is 0 Å². The summed E-state index contributed by atoms with van der Waals surface area (Å²) in [6.07, 6.45) is 3.15. The van der Waals surface area contributed by atoms with Crippen LogP contribution in [0.3, 0.4) is 0 Å². The molecule has 7 nitrogen and oxygen atoms in total. The number of nitrogens with two attached hydrogens (primary N) is 1. The Balaban J connectivity index is 2.16. The number of amides is 1. The van der Waals surface area contributed by atoms with Crippen LogP contribution in [0.5, 0.6) is 0 Å². The van der Waals surface area contributed by atoms with Crippen LogP contribution >= 0.6 is 0 Å². The number of nitrogens with zero attached hydrogens (tertiary/aromatic N) is 3. The Labute approximate surface area is 116 Å². The van der Waals surface area contributed by atoms with E-state index in [9.17, 15) is 9.59 Å². The average molecular weight is 278 g/mol. The number of aryl methyl sites for hydroxylation is 1. The number of aromatic nitrogens is 1. The highest BCUT2D eigenvalue weighted by molar-refractivity contribution is 5.94. The molecule has 0 aromatic carbocycles. The Morgan fingerprint density at radius 1 is 1.55 bits per heavy atom. The predicted octanol–water partition coefficient (Wildman–Crippen LogP) is -0.0161. The van der Waals surface area contributed by atoms with Gasteiger partial charge in [-0.25, -0.2) is 0 Å². The van der Waals surface area contributed by atoms with E-state index in [1.54, 1.807) is 24.2 Å². The zero-order valence-corrected chi connectivity index (χ0v) is 11.3. The summed E-state index contributed by atoms with van der Waals surface area (Å²) in [5, 5.41) is 11.7. The van der Waals surface area contributed by atoms with E-state index in [1.807, 2.05) is 0 Å². The van der Waals surface area contributed by atoms with Gasteiger partial charge in [-0.15, -0.1) is 0 Å². The molecule has 1 aliphatic heterocycles.